The van der Waals surface area contributed by atoms with Crippen molar-refractivity contribution in [3.63, 3.8) is 0 Å². The lowest BCUT2D eigenvalue weighted by molar-refractivity contribution is -0.254. The molecule has 0 spiro atoms. The van der Waals surface area contributed by atoms with E-state index in [9.17, 15) is 14.7 Å². The molecule has 22 heavy (non-hydrogen) atoms. The van der Waals surface area contributed by atoms with Gasteiger partial charge in [0.25, 0.3) is 5.91 Å². The van der Waals surface area contributed by atoms with E-state index in [1.165, 1.54) is 18.2 Å². The highest BCUT2D eigenvalue weighted by Gasteiger charge is 2.16. The lowest BCUT2D eigenvalue weighted by Crippen LogP contribution is -2.32. The zero-order valence-electron chi connectivity index (χ0n) is 11.7. The van der Waals surface area contributed by atoms with Gasteiger partial charge in [0.1, 0.15) is 5.75 Å². The number of carbonyl (C=O) groups excluding carboxylic acids is 2. The zero-order valence-corrected chi connectivity index (χ0v) is 12.5. The van der Waals surface area contributed by atoms with Gasteiger partial charge < -0.3 is 20.0 Å². The average molecular weight is 319 g/mol. The van der Waals surface area contributed by atoms with Gasteiger partial charge >= 0.3 is 0 Å². The van der Waals surface area contributed by atoms with Crippen LogP contribution in [-0.2, 0) is 4.79 Å². The topological polar surface area (TPSA) is 78.5 Å². The molecule has 0 fully saturated rings. The van der Waals surface area contributed by atoms with Crippen LogP contribution in [0.25, 0.3) is 0 Å². The Morgan fingerprint density at radius 3 is 2.50 bits per heavy atom. The van der Waals surface area contributed by atoms with E-state index in [-0.39, 0.29) is 11.3 Å². The van der Waals surface area contributed by atoms with E-state index in [0.717, 1.165) is 0 Å². The molecule has 0 aliphatic carbocycles. The Morgan fingerprint density at radius 1 is 1.18 bits per heavy atom. The van der Waals surface area contributed by atoms with Crippen molar-refractivity contribution in [3.05, 3.63) is 59.1 Å². The number of carbonyl (C=O) groups is 2. The quantitative estimate of drug-likeness (QED) is 0.915. The van der Waals surface area contributed by atoms with E-state index in [2.05, 4.69) is 5.32 Å². The molecule has 2 aromatic rings. The van der Waals surface area contributed by atoms with Crippen molar-refractivity contribution in [1.82, 2.24) is 0 Å². The highest BCUT2D eigenvalue weighted by molar-refractivity contribution is 6.31. The van der Waals surface area contributed by atoms with Crippen LogP contribution < -0.4 is 15.2 Å². The van der Waals surface area contributed by atoms with Crippen LogP contribution in [0.3, 0.4) is 0 Å². The van der Waals surface area contributed by atoms with Crippen molar-refractivity contribution < 1.29 is 19.4 Å². The van der Waals surface area contributed by atoms with Gasteiger partial charge in [-0.1, -0.05) is 29.8 Å². The molecule has 0 radical (unpaired) electrons. The summed E-state index contributed by atoms with van der Waals surface area (Å²) in [6, 6.07) is 12.9. The number of rotatable bonds is 5. The number of para-hydroxylation sites is 1. The minimum absolute atomic E-state index is 0.0704. The Labute approximate surface area is 132 Å². The van der Waals surface area contributed by atoms with Gasteiger partial charge in [0.2, 0.25) is 0 Å². The standard InChI is InChI=1S/C16H14ClNO4/c1-10(22-12-5-3-2-4-6-12)15(19)18-14-9-11(17)7-8-13(14)16(20)21/h2-10H,1H3,(H,18,19)(H,20,21)/p-1/t10-/m1/s1. The Kier molecular flexibility index (Phi) is 5.01. The van der Waals surface area contributed by atoms with Crippen LogP contribution in [0.5, 0.6) is 5.75 Å². The van der Waals surface area contributed by atoms with Crippen LogP contribution >= 0.6 is 11.6 Å². The predicted octanol–water partition coefficient (Wildman–Crippen LogP) is 2.11. The first kappa shape index (κ1) is 15.9. The van der Waals surface area contributed by atoms with Crippen LogP contribution in [0, 0.1) is 0 Å². The molecule has 114 valence electrons. The van der Waals surface area contributed by atoms with Gasteiger partial charge in [-0.15, -0.1) is 0 Å². The first-order valence-electron chi connectivity index (χ1n) is 6.51. The van der Waals surface area contributed by atoms with Crippen molar-refractivity contribution in [2.75, 3.05) is 5.32 Å². The second-order valence-corrected chi connectivity index (χ2v) is 4.98. The molecule has 0 unspecified atom stereocenters. The van der Waals surface area contributed by atoms with E-state index in [1.807, 2.05) is 6.07 Å². The van der Waals surface area contributed by atoms with Gasteiger partial charge in [-0.25, -0.2) is 0 Å². The molecule has 0 aliphatic heterocycles. The van der Waals surface area contributed by atoms with Crippen molar-refractivity contribution in [3.8, 4) is 5.75 Å². The number of amides is 1. The number of ether oxygens (including phenoxy) is 1. The minimum atomic E-state index is -1.40. The summed E-state index contributed by atoms with van der Waals surface area (Å²) in [6.45, 7) is 1.56. The summed E-state index contributed by atoms with van der Waals surface area (Å²) in [6.07, 6.45) is -0.809. The van der Waals surface area contributed by atoms with Gasteiger partial charge in [-0.3, -0.25) is 4.79 Å². The summed E-state index contributed by atoms with van der Waals surface area (Å²) < 4.78 is 5.47. The van der Waals surface area contributed by atoms with E-state index < -0.39 is 18.0 Å². The molecule has 1 atom stereocenters. The van der Waals surface area contributed by atoms with Gasteiger partial charge in [0, 0.05) is 10.6 Å². The van der Waals surface area contributed by atoms with Crippen molar-refractivity contribution in [1.29, 1.82) is 0 Å². The third kappa shape index (κ3) is 3.99. The summed E-state index contributed by atoms with van der Waals surface area (Å²) in [5.74, 6) is -1.35. The fourth-order valence-corrected chi connectivity index (χ4v) is 1.96. The SMILES string of the molecule is C[C@@H](Oc1ccccc1)C(=O)Nc1cc(Cl)ccc1C(=O)[O-]. The summed E-state index contributed by atoms with van der Waals surface area (Å²) >= 11 is 5.82. The maximum Gasteiger partial charge on any atom is 0.265 e. The molecular weight excluding hydrogens is 306 g/mol. The molecule has 5 nitrogen and oxygen atoms in total. The molecule has 2 rings (SSSR count). The number of halogens is 1. The normalized spacial score (nSPS) is 11.5. The Morgan fingerprint density at radius 2 is 1.86 bits per heavy atom. The molecule has 0 heterocycles. The number of carboxylic acids is 1. The highest BCUT2D eigenvalue weighted by atomic mass is 35.5. The van der Waals surface area contributed by atoms with Gasteiger partial charge in [-0.2, -0.15) is 0 Å². The molecular formula is C16H13ClNO4-. The summed E-state index contributed by atoms with van der Waals surface area (Å²) in [7, 11) is 0. The number of hydrogen-bond donors (Lipinski definition) is 1. The lowest BCUT2D eigenvalue weighted by Gasteiger charge is -2.17. The molecule has 6 heteroatoms. The van der Waals surface area contributed by atoms with E-state index in [4.69, 9.17) is 16.3 Å². The third-order valence-corrected chi connectivity index (χ3v) is 3.12. The summed E-state index contributed by atoms with van der Waals surface area (Å²) in [5.41, 5.74) is -0.0781. The molecule has 0 bridgehead atoms. The Hall–Kier alpha value is -2.53. The van der Waals surface area contributed by atoms with Gasteiger partial charge in [0.15, 0.2) is 6.10 Å². The van der Waals surface area contributed by atoms with E-state index >= 15 is 0 Å². The van der Waals surface area contributed by atoms with Gasteiger partial charge in [-0.05, 0) is 37.3 Å². The van der Waals surface area contributed by atoms with Crippen LogP contribution in [0.1, 0.15) is 17.3 Å². The Bertz CT molecular complexity index is 688. The van der Waals surface area contributed by atoms with Crippen molar-refractivity contribution in [2.45, 2.75) is 13.0 Å². The monoisotopic (exact) mass is 318 g/mol. The van der Waals surface area contributed by atoms with Crippen LogP contribution in [0.15, 0.2) is 48.5 Å². The van der Waals surface area contributed by atoms with Crippen molar-refractivity contribution >= 4 is 29.2 Å². The predicted molar refractivity (Wildman–Crippen MR) is 80.9 cm³/mol. The lowest BCUT2D eigenvalue weighted by atomic mass is 10.1. The number of hydrogen-bond acceptors (Lipinski definition) is 4. The minimum Gasteiger partial charge on any atom is -0.545 e. The second-order valence-electron chi connectivity index (χ2n) is 4.54. The number of benzene rings is 2. The second kappa shape index (κ2) is 6.95. The summed E-state index contributed by atoms with van der Waals surface area (Å²) in [5, 5.41) is 13.8. The van der Waals surface area contributed by atoms with Crippen LogP contribution in [0.4, 0.5) is 5.69 Å². The summed E-state index contributed by atoms with van der Waals surface area (Å²) in [4.78, 5) is 23.1. The third-order valence-electron chi connectivity index (χ3n) is 2.88. The maximum absolute atomic E-state index is 12.1. The fourth-order valence-electron chi connectivity index (χ4n) is 1.79. The fraction of sp³-hybridized carbons (Fsp3) is 0.125. The molecule has 0 saturated heterocycles. The van der Waals surface area contributed by atoms with Crippen LogP contribution in [-0.4, -0.2) is 18.0 Å². The van der Waals surface area contributed by atoms with E-state index in [0.29, 0.717) is 10.8 Å². The molecule has 0 saturated carbocycles. The van der Waals surface area contributed by atoms with Gasteiger partial charge in [0.05, 0.1) is 11.7 Å². The molecule has 1 amide bonds. The zero-order chi connectivity index (χ0) is 16.1. The number of anilines is 1. The molecule has 1 N–H and O–H groups in total. The molecule has 2 aromatic carbocycles. The smallest absolute Gasteiger partial charge is 0.265 e. The average Bonchev–Trinajstić information content (AvgIpc) is 2.48. The number of aromatic carboxylic acids is 1. The number of nitrogens with one attached hydrogen (secondary N) is 1. The van der Waals surface area contributed by atoms with Crippen LogP contribution in [0.2, 0.25) is 5.02 Å². The largest absolute Gasteiger partial charge is 0.545 e. The maximum atomic E-state index is 12.1. The first-order chi connectivity index (χ1) is 10.5. The number of carboxylic acid groups (broad SMARTS) is 1. The molecule has 0 aromatic heterocycles. The Balaban J connectivity index is 2.11. The highest BCUT2D eigenvalue weighted by Crippen LogP contribution is 2.21. The first-order valence-corrected chi connectivity index (χ1v) is 6.88. The van der Waals surface area contributed by atoms with Crippen molar-refractivity contribution in [2.24, 2.45) is 0 Å². The molecule has 0 aliphatic rings. The van der Waals surface area contributed by atoms with E-state index in [1.54, 1.807) is 31.2 Å².